The maximum absolute atomic E-state index is 12.8. The summed E-state index contributed by atoms with van der Waals surface area (Å²) < 4.78 is 5.19. The SMILES string of the molecule is CCCCOC(=O)CSC1c2cccc(O)c2C(=O)c2c(O)cccc21. The molecule has 2 aromatic carbocycles. The van der Waals surface area contributed by atoms with Gasteiger partial charge in [-0.3, -0.25) is 9.59 Å². The Hall–Kier alpha value is -2.47. The number of phenols is 2. The van der Waals surface area contributed by atoms with Gasteiger partial charge in [-0.05, 0) is 29.7 Å². The summed E-state index contributed by atoms with van der Waals surface area (Å²) in [5.74, 6) is -0.861. The first-order valence-electron chi connectivity index (χ1n) is 8.50. The monoisotopic (exact) mass is 372 g/mol. The van der Waals surface area contributed by atoms with Gasteiger partial charge in [0.25, 0.3) is 0 Å². The molecule has 0 atom stereocenters. The smallest absolute Gasteiger partial charge is 0.315 e. The zero-order chi connectivity index (χ0) is 18.7. The van der Waals surface area contributed by atoms with E-state index >= 15 is 0 Å². The lowest BCUT2D eigenvalue weighted by Gasteiger charge is -2.27. The van der Waals surface area contributed by atoms with E-state index in [-0.39, 0.29) is 39.6 Å². The van der Waals surface area contributed by atoms with Gasteiger partial charge in [0.1, 0.15) is 11.5 Å². The maximum atomic E-state index is 12.8. The molecule has 6 heteroatoms. The van der Waals surface area contributed by atoms with Crippen molar-refractivity contribution in [1.29, 1.82) is 0 Å². The van der Waals surface area contributed by atoms with Crippen LogP contribution in [0.15, 0.2) is 36.4 Å². The predicted molar refractivity (Wildman–Crippen MR) is 99.8 cm³/mol. The predicted octanol–water partition coefficient (Wildman–Crippen LogP) is 3.81. The molecule has 0 aromatic heterocycles. The fraction of sp³-hybridized carbons (Fsp3) is 0.300. The quantitative estimate of drug-likeness (QED) is 0.593. The molecular formula is C20H20O5S. The first kappa shape index (κ1) is 18.3. The standard InChI is InChI=1S/C20H20O5S/c1-2-3-10-25-16(23)11-26-20-12-6-4-8-14(21)17(12)19(24)18-13(20)7-5-9-15(18)22/h4-9,20-22H,2-3,10-11H2,1H3. The van der Waals surface area contributed by atoms with Gasteiger partial charge in [-0.2, -0.15) is 0 Å². The minimum Gasteiger partial charge on any atom is -0.507 e. The van der Waals surface area contributed by atoms with Crippen molar-refractivity contribution in [2.75, 3.05) is 12.4 Å². The second kappa shape index (κ2) is 7.83. The van der Waals surface area contributed by atoms with Gasteiger partial charge < -0.3 is 14.9 Å². The minimum atomic E-state index is -0.409. The van der Waals surface area contributed by atoms with Crippen molar-refractivity contribution in [2.24, 2.45) is 0 Å². The number of carbonyl (C=O) groups is 2. The zero-order valence-electron chi connectivity index (χ0n) is 14.4. The van der Waals surface area contributed by atoms with Gasteiger partial charge in [-0.25, -0.2) is 0 Å². The molecule has 3 rings (SSSR count). The van der Waals surface area contributed by atoms with E-state index in [2.05, 4.69) is 0 Å². The summed E-state index contributed by atoms with van der Waals surface area (Å²) in [6.45, 7) is 2.42. The highest BCUT2D eigenvalue weighted by atomic mass is 32.2. The second-order valence-electron chi connectivity index (χ2n) is 6.08. The molecule has 0 saturated carbocycles. The molecule has 0 saturated heterocycles. The van der Waals surface area contributed by atoms with Crippen LogP contribution >= 0.6 is 11.8 Å². The Morgan fingerprint density at radius 1 is 1.08 bits per heavy atom. The van der Waals surface area contributed by atoms with Crippen molar-refractivity contribution < 1.29 is 24.5 Å². The van der Waals surface area contributed by atoms with Gasteiger partial charge in [0, 0.05) is 0 Å². The van der Waals surface area contributed by atoms with E-state index in [1.807, 2.05) is 6.92 Å². The Labute approximate surface area is 156 Å². The van der Waals surface area contributed by atoms with Crippen molar-refractivity contribution >= 4 is 23.5 Å². The van der Waals surface area contributed by atoms with Crippen LogP contribution in [0, 0.1) is 0 Å². The summed E-state index contributed by atoms with van der Waals surface area (Å²) in [6, 6.07) is 9.76. The number of hydrogen-bond donors (Lipinski definition) is 2. The highest BCUT2D eigenvalue weighted by Crippen LogP contribution is 2.47. The molecular weight excluding hydrogens is 352 g/mol. The number of phenolic OH excluding ortho intramolecular Hbond substituents is 2. The lowest BCUT2D eigenvalue weighted by Crippen LogP contribution is -2.19. The molecule has 2 N–H and O–H groups in total. The third kappa shape index (κ3) is 3.42. The van der Waals surface area contributed by atoms with E-state index in [0.29, 0.717) is 17.7 Å². The summed E-state index contributed by atoms with van der Waals surface area (Å²) in [4.78, 5) is 24.8. The fourth-order valence-corrected chi connectivity index (χ4v) is 4.18. The molecule has 136 valence electrons. The Morgan fingerprint density at radius 2 is 1.65 bits per heavy atom. The molecule has 0 radical (unpaired) electrons. The molecule has 0 unspecified atom stereocenters. The fourth-order valence-electron chi connectivity index (χ4n) is 3.04. The number of unbranched alkanes of at least 4 members (excludes halogenated alkanes) is 1. The van der Waals surface area contributed by atoms with E-state index in [0.717, 1.165) is 12.8 Å². The van der Waals surface area contributed by atoms with E-state index in [9.17, 15) is 19.8 Å². The number of ether oxygens (including phenoxy) is 1. The second-order valence-corrected chi connectivity index (χ2v) is 7.17. The average molecular weight is 372 g/mol. The Morgan fingerprint density at radius 3 is 2.19 bits per heavy atom. The highest BCUT2D eigenvalue weighted by Gasteiger charge is 2.35. The lowest BCUT2D eigenvalue weighted by molar-refractivity contribution is -0.140. The molecule has 0 heterocycles. The van der Waals surface area contributed by atoms with Gasteiger partial charge in [-0.15, -0.1) is 11.8 Å². The topological polar surface area (TPSA) is 83.8 Å². The number of rotatable bonds is 6. The first-order valence-corrected chi connectivity index (χ1v) is 9.55. The minimum absolute atomic E-state index is 0.118. The van der Waals surface area contributed by atoms with Gasteiger partial charge in [-0.1, -0.05) is 37.6 Å². The van der Waals surface area contributed by atoms with Crippen LogP contribution in [0.4, 0.5) is 0 Å². The van der Waals surface area contributed by atoms with Crippen LogP contribution in [-0.2, 0) is 9.53 Å². The van der Waals surface area contributed by atoms with Gasteiger partial charge in [0.2, 0.25) is 5.78 Å². The summed E-state index contributed by atoms with van der Waals surface area (Å²) >= 11 is 1.32. The molecule has 2 aromatic rings. The zero-order valence-corrected chi connectivity index (χ0v) is 15.2. The normalized spacial score (nSPS) is 13.2. The van der Waals surface area contributed by atoms with Crippen LogP contribution in [0.5, 0.6) is 11.5 Å². The van der Waals surface area contributed by atoms with Gasteiger partial charge in [0.15, 0.2) is 0 Å². The molecule has 1 aliphatic rings. The molecule has 26 heavy (non-hydrogen) atoms. The Bertz CT molecular complexity index is 791. The van der Waals surface area contributed by atoms with E-state index in [1.54, 1.807) is 24.3 Å². The summed E-state index contributed by atoms with van der Waals surface area (Å²) in [7, 11) is 0. The van der Waals surface area contributed by atoms with Crippen molar-refractivity contribution in [2.45, 2.75) is 25.0 Å². The average Bonchev–Trinajstić information content (AvgIpc) is 2.61. The highest BCUT2D eigenvalue weighted by molar-refractivity contribution is 8.00. The van der Waals surface area contributed by atoms with E-state index < -0.39 is 5.78 Å². The lowest BCUT2D eigenvalue weighted by atomic mass is 9.83. The number of carbonyl (C=O) groups excluding carboxylic acids is 2. The molecule has 1 aliphatic carbocycles. The van der Waals surface area contributed by atoms with Crippen molar-refractivity contribution in [3.05, 3.63) is 58.7 Å². The van der Waals surface area contributed by atoms with Gasteiger partial charge in [0.05, 0.1) is 28.7 Å². The molecule has 0 fully saturated rings. The number of esters is 1. The molecule has 0 amide bonds. The van der Waals surface area contributed by atoms with Crippen LogP contribution < -0.4 is 0 Å². The van der Waals surface area contributed by atoms with Crippen LogP contribution in [0.3, 0.4) is 0 Å². The third-order valence-corrected chi connectivity index (χ3v) is 5.54. The summed E-state index contributed by atoms with van der Waals surface area (Å²) in [5, 5.41) is 20.0. The summed E-state index contributed by atoms with van der Waals surface area (Å²) in [5.41, 5.74) is 1.63. The van der Waals surface area contributed by atoms with Crippen molar-refractivity contribution in [1.82, 2.24) is 0 Å². The van der Waals surface area contributed by atoms with Crippen molar-refractivity contribution in [3.8, 4) is 11.5 Å². The van der Waals surface area contributed by atoms with Gasteiger partial charge >= 0.3 is 5.97 Å². The number of aromatic hydroxyl groups is 2. The molecule has 0 aliphatic heterocycles. The largest absolute Gasteiger partial charge is 0.507 e. The first-order chi connectivity index (χ1) is 12.5. The maximum Gasteiger partial charge on any atom is 0.315 e. The Balaban J connectivity index is 1.92. The summed E-state index contributed by atoms with van der Waals surface area (Å²) in [6.07, 6.45) is 1.77. The number of fused-ring (bicyclic) bond motifs is 2. The Kier molecular flexibility index (Phi) is 5.52. The van der Waals surface area contributed by atoms with Crippen LogP contribution in [-0.4, -0.2) is 34.3 Å². The number of hydrogen-bond acceptors (Lipinski definition) is 6. The molecule has 0 bridgehead atoms. The third-order valence-electron chi connectivity index (χ3n) is 4.30. The molecule has 0 spiro atoms. The number of benzene rings is 2. The van der Waals surface area contributed by atoms with Crippen LogP contribution in [0.2, 0.25) is 0 Å². The van der Waals surface area contributed by atoms with E-state index in [1.165, 1.54) is 23.9 Å². The van der Waals surface area contributed by atoms with E-state index in [4.69, 9.17) is 4.74 Å². The molecule has 5 nitrogen and oxygen atoms in total. The van der Waals surface area contributed by atoms with Crippen LogP contribution in [0.25, 0.3) is 0 Å². The van der Waals surface area contributed by atoms with Crippen molar-refractivity contribution in [3.63, 3.8) is 0 Å². The number of thioether (sulfide) groups is 1. The number of ketones is 1. The van der Waals surface area contributed by atoms with Crippen LogP contribution in [0.1, 0.15) is 52.1 Å².